The molecule has 0 spiro atoms. The van der Waals surface area contributed by atoms with E-state index in [0.717, 1.165) is 0 Å². The van der Waals surface area contributed by atoms with Crippen LogP contribution in [0.2, 0.25) is 10.0 Å². The van der Waals surface area contributed by atoms with Gasteiger partial charge >= 0.3 is 0 Å². The van der Waals surface area contributed by atoms with Crippen LogP contribution in [0.5, 0.6) is 11.5 Å². The molecule has 0 fully saturated rings. The highest BCUT2D eigenvalue weighted by Gasteiger charge is 2.20. The number of hydrogen-bond donors (Lipinski definition) is 0. The second-order valence-corrected chi connectivity index (χ2v) is 7.00. The Morgan fingerprint density at radius 3 is 2.57 bits per heavy atom. The summed E-state index contributed by atoms with van der Waals surface area (Å²) < 4.78 is 15.9. The molecular weight excluding hydrogens is 429 g/mol. The first-order chi connectivity index (χ1) is 14.5. The van der Waals surface area contributed by atoms with Crippen molar-refractivity contribution in [2.45, 2.75) is 6.54 Å². The van der Waals surface area contributed by atoms with Gasteiger partial charge in [-0.05, 0) is 36.4 Å². The molecule has 0 unspecified atom stereocenters. The van der Waals surface area contributed by atoms with Crippen molar-refractivity contribution < 1.29 is 18.8 Å². The maximum Gasteiger partial charge on any atom is 0.254 e. The fourth-order valence-electron chi connectivity index (χ4n) is 2.76. The third-order valence-corrected chi connectivity index (χ3v) is 4.98. The lowest BCUT2D eigenvalue weighted by Gasteiger charge is -2.19. The summed E-state index contributed by atoms with van der Waals surface area (Å²) in [5.74, 6) is 1.51. The van der Waals surface area contributed by atoms with Crippen molar-refractivity contribution in [3.8, 4) is 22.9 Å². The van der Waals surface area contributed by atoms with Crippen LogP contribution < -0.4 is 9.47 Å². The average molecular weight is 448 g/mol. The summed E-state index contributed by atoms with van der Waals surface area (Å²) in [4.78, 5) is 18.8. The van der Waals surface area contributed by atoms with Crippen LogP contribution in [0.25, 0.3) is 11.4 Å². The lowest BCUT2D eigenvalue weighted by atomic mass is 10.2. The van der Waals surface area contributed by atoms with Gasteiger partial charge in [0.1, 0.15) is 6.54 Å². The van der Waals surface area contributed by atoms with Crippen molar-refractivity contribution in [2.24, 2.45) is 0 Å². The van der Waals surface area contributed by atoms with Gasteiger partial charge in [-0.3, -0.25) is 4.79 Å². The van der Waals surface area contributed by atoms with Crippen molar-refractivity contribution in [3.63, 3.8) is 0 Å². The third kappa shape index (κ3) is 4.75. The fourth-order valence-corrected chi connectivity index (χ4v) is 3.06. The molecule has 1 amide bonds. The van der Waals surface area contributed by atoms with E-state index in [9.17, 15) is 4.79 Å². The number of carbonyl (C=O) groups is 1. The Hall–Kier alpha value is -3.03. The summed E-state index contributed by atoms with van der Waals surface area (Å²) in [7, 11) is 3.11. The van der Waals surface area contributed by atoms with Crippen molar-refractivity contribution in [2.75, 3.05) is 20.8 Å². The molecule has 9 heteroatoms. The maximum atomic E-state index is 12.9. The summed E-state index contributed by atoms with van der Waals surface area (Å²) in [5, 5.41) is 4.68. The third-order valence-electron chi connectivity index (χ3n) is 4.24. The summed E-state index contributed by atoms with van der Waals surface area (Å²) in [6.45, 7) is 4.09. The zero-order chi connectivity index (χ0) is 21.7. The molecule has 156 valence electrons. The van der Waals surface area contributed by atoms with Gasteiger partial charge < -0.3 is 18.9 Å². The Labute approximate surface area is 183 Å². The first-order valence-electron chi connectivity index (χ1n) is 8.87. The van der Waals surface area contributed by atoms with Gasteiger partial charge in [0, 0.05) is 17.7 Å². The molecule has 1 heterocycles. The maximum absolute atomic E-state index is 12.9. The van der Waals surface area contributed by atoms with Crippen LogP contribution in [-0.2, 0) is 6.54 Å². The van der Waals surface area contributed by atoms with Crippen molar-refractivity contribution >= 4 is 29.1 Å². The second kappa shape index (κ2) is 9.65. The Bertz CT molecular complexity index is 1070. The highest BCUT2D eigenvalue weighted by molar-refractivity contribution is 6.42. The molecule has 0 saturated carbocycles. The van der Waals surface area contributed by atoms with E-state index < -0.39 is 0 Å². The number of amides is 1. The van der Waals surface area contributed by atoms with Gasteiger partial charge in [-0.25, -0.2) is 0 Å². The summed E-state index contributed by atoms with van der Waals surface area (Å²) in [6, 6.07) is 9.99. The Balaban J connectivity index is 1.82. The molecule has 1 aromatic heterocycles. The molecule has 3 rings (SSSR count). The van der Waals surface area contributed by atoms with Gasteiger partial charge in [-0.15, -0.1) is 6.58 Å². The van der Waals surface area contributed by atoms with Crippen LogP contribution in [0.3, 0.4) is 0 Å². The number of ether oxygens (including phenoxy) is 2. The Morgan fingerprint density at radius 2 is 1.90 bits per heavy atom. The van der Waals surface area contributed by atoms with Gasteiger partial charge in [0.2, 0.25) is 11.7 Å². The van der Waals surface area contributed by atoms with Crippen LogP contribution in [-0.4, -0.2) is 41.7 Å². The van der Waals surface area contributed by atoms with Crippen LogP contribution in [0.1, 0.15) is 16.2 Å². The molecule has 30 heavy (non-hydrogen) atoms. The molecule has 0 bridgehead atoms. The fraction of sp³-hybridized carbons (Fsp3) is 0.190. The molecule has 2 aromatic carbocycles. The van der Waals surface area contributed by atoms with E-state index >= 15 is 0 Å². The van der Waals surface area contributed by atoms with Crippen LogP contribution >= 0.6 is 23.2 Å². The van der Waals surface area contributed by atoms with Gasteiger partial charge in [0.15, 0.2) is 11.5 Å². The first-order valence-corrected chi connectivity index (χ1v) is 9.62. The average Bonchev–Trinajstić information content (AvgIpc) is 3.23. The zero-order valence-electron chi connectivity index (χ0n) is 16.4. The van der Waals surface area contributed by atoms with Gasteiger partial charge in [0.05, 0.1) is 24.3 Å². The molecule has 3 aromatic rings. The molecule has 0 aliphatic carbocycles. The summed E-state index contributed by atoms with van der Waals surface area (Å²) >= 11 is 12.0. The molecule has 0 radical (unpaired) electrons. The number of aromatic nitrogens is 2. The predicted octanol–water partition coefficient (Wildman–Crippen LogP) is 4.89. The normalized spacial score (nSPS) is 10.5. The van der Waals surface area contributed by atoms with Crippen LogP contribution in [0.15, 0.2) is 53.6 Å². The van der Waals surface area contributed by atoms with Gasteiger partial charge in [-0.2, -0.15) is 4.98 Å². The Kier molecular flexibility index (Phi) is 6.97. The predicted molar refractivity (Wildman–Crippen MR) is 114 cm³/mol. The molecule has 7 nitrogen and oxygen atoms in total. The van der Waals surface area contributed by atoms with E-state index in [4.69, 9.17) is 37.2 Å². The monoisotopic (exact) mass is 447 g/mol. The molecule has 0 aliphatic heterocycles. The first kappa shape index (κ1) is 21.7. The number of rotatable bonds is 8. The van der Waals surface area contributed by atoms with E-state index in [-0.39, 0.29) is 24.9 Å². The minimum absolute atomic E-state index is 0.103. The molecule has 0 N–H and O–H groups in total. The quantitative estimate of drug-likeness (QED) is 0.457. The lowest BCUT2D eigenvalue weighted by Crippen LogP contribution is -2.30. The number of benzene rings is 2. The standard InChI is InChI=1S/C21H19Cl2N3O4/c1-4-9-26(21(27)14-5-7-15(22)16(23)10-14)12-19-24-20(25-30-19)13-6-8-17(28-2)18(11-13)29-3/h4-8,10-11H,1,9,12H2,2-3H3. The zero-order valence-corrected chi connectivity index (χ0v) is 17.9. The van der Waals surface area contributed by atoms with Gasteiger partial charge in [0.25, 0.3) is 5.91 Å². The smallest absolute Gasteiger partial charge is 0.254 e. The topological polar surface area (TPSA) is 77.7 Å². The second-order valence-electron chi connectivity index (χ2n) is 6.18. The minimum atomic E-state index is -0.265. The number of methoxy groups -OCH3 is 2. The van der Waals surface area contributed by atoms with E-state index in [1.54, 1.807) is 50.6 Å². The highest BCUT2D eigenvalue weighted by Crippen LogP contribution is 2.31. The number of hydrogen-bond acceptors (Lipinski definition) is 6. The highest BCUT2D eigenvalue weighted by atomic mass is 35.5. The van der Waals surface area contributed by atoms with E-state index in [0.29, 0.717) is 38.5 Å². The Morgan fingerprint density at radius 1 is 1.13 bits per heavy atom. The number of halogens is 2. The van der Waals surface area contributed by atoms with E-state index in [1.807, 2.05) is 0 Å². The lowest BCUT2D eigenvalue weighted by molar-refractivity contribution is 0.0745. The summed E-state index contributed by atoms with van der Waals surface area (Å²) in [6.07, 6.45) is 1.61. The molecular formula is C21H19Cl2N3O4. The SMILES string of the molecule is C=CCN(Cc1nc(-c2ccc(OC)c(OC)c2)no1)C(=O)c1ccc(Cl)c(Cl)c1. The molecule has 0 atom stereocenters. The minimum Gasteiger partial charge on any atom is -0.493 e. The van der Waals surface area contributed by atoms with Crippen molar-refractivity contribution in [1.29, 1.82) is 0 Å². The molecule has 0 saturated heterocycles. The van der Waals surface area contributed by atoms with Crippen molar-refractivity contribution in [3.05, 3.63) is 70.6 Å². The van der Waals surface area contributed by atoms with Gasteiger partial charge in [-0.1, -0.05) is 34.4 Å². The van der Waals surface area contributed by atoms with Crippen LogP contribution in [0.4, 0.5) is 0 Å². The summed E-state index contributed by atoms with van der Waals surface area (Å²) in [5.41, 5.74) is 1.08. The number of carbonyl (C=O) groups excluding carboxylic acids is 1. The van der Waals surface area contributed by atoms with Crippen molar-refractivity contribution in [1.82, 2.24) is 15.0 Å². The largest absolute Gasteiger partial charge is 0.493 e. The number of nitrogens with zero attached hydrogens (tertiary/aromatic N) is 3. The van der Waals surface area contributed by atoms with Crippen LogP contribution in [0, 0.1) is 0 Å². The van der Waals surface area contributed by atoms with E-state index in [2.05, 4.69) is 16.7 Å². The molecule has 0 aliphatic rings. The van der Waals surface area contributed by atoms with E-state index in [1.165, 1.54) is 11.0 Å².